The van der Waals surface area contributed by atoms with Gasteiger partial charge in [0.15, 0.2) is 11.7 Å². The van der Waals surface area contributed by atoms with Crippen LogP contribution in [0, 0.1) is 5.92 Å². The Labute approximate surface area is 196 Å². The van der Waals surface area contributed by atoms with Crippen LogP contribution in [0.5, 0.6) is 0 Å². The molecule has 0 aromatic carbocycles. The molecule has 2 unspecified atom stereocenters. The number of hydrogen-bond acceptors (Lipinski definition) is 3. The van der Waals surface area contributed by atoms with Gasteiger partial charge in [-0.15, -0.1) is 0 Å². The Balaban J connectivity index is 0. The summed E-state index contributed by atoms with van der Waals surface area (Å²) in [6.07, 6.45) is 8.81. The van der Waals surface area contributed by atoms with Crippen LogP contribution in [-0.4, -0.2) is 26.4 Å². The van der Waals surface area contributed by atoms with E-state index in [0.717, 1.165) is 31.6 Å². The fourth-order valence-electron chi connectivity index (χ4n) is 2.94. The van der Waals surface area contributed by atoms with Gasteiger partial charge in [-0.05, 0) is 63.7 Å². The molecule has 1 aliphatic rings. The molecule has 1 heterocycles. The van der Waals surface area contributed by atoms with Gasteiger partial charge in [0.25, 0.3) is 0 Å². The second kappa shape index (κ2) is 20.0. The monoisotopic (exact) mass is 458 g/mol. The summed E-state index contributed by atoms with van der Waals surface area (Å²) < 4.78 is 44.8. The van der Waals surface area contributed by atoms with Crippen molar-refractivity contribution in [2.45, 2.75) is 101 Å². The number of ether oxygens (including phenoxy) is 3. The highest BCUT2D eigenvalue weighted by atomic mass is 19.2. The van der Waals surface area contributed by atoms with E-state index in [-0.39, 0.29) is 5.76 Å². The van der Waals surface area contributed by atoms with Gasteiger partial charge in [-0.25, -0.2) is 8.78 Å². The van der Waals surface area contributed by atoms with E-state index >= 15 is 0 Å². The van der Waals surface area contributed by atoms with Crippen LogP contribution in [0.2, 0.25) is 0 Å². The van der Waals surface area contributed by atoms with Crippen LogP contribution in [0.15, 0.2) is 46.5 Å². The molecule has 3 nitrogen and oxygen atoms in total. The summed E-state index contributed by atoms with van der Waals surface area (Å²) in [5.41, 5.74) is 0.975. The predicted octanol–water partition coefficient (Wildman–Crippen LogP) is 8.98. The van der Waals surface area contributed by atoms with E-state index in [1.807, 2.05) is 20.8 Å². The van der Waals surface area contributed by atoms with Crippen LogP contribution in [-0.2, 0) is 14.2 Å². The summed E-state index contributed by atoms with van der Waals surface area (Å²) in [6.45, 7) is 18.6. The first kappa shape index (κ1) is 32.6. The molecule has 0 saturated carbocycles. The predicted molar refractivity (Wildman–Crippen MR) is 133 cm³/mol. The van der Waals surface area contributed by atoms with Crippen molar-refractivity contribution in [2.24, 2.45) is 5.92 Å². The van der Waals surface area contributed by atoms with Crippen molar-refractivity contribution in [3.05, 3.63) is 46.5 Å². The number of allylic oxidation sites excluding steroid dienone is 8. The highest BCUT2D eigenvalue weighted by Gasteiger charge is 2.20. The van der Waals surface area contributed by atoms with Gasteiger partial charge < -0.3 is 14.2 Å². The van der Waals surface area contributed by atoms with Gasteiger partial charge in [0.2, 0.25) is 0 Å². The minimum Gasteiger partial charge on any atom is -0.498 e. The van der Waals surface area contributed by atoms with Crippen molar-refractivity contribution in [3.63, 3.8) is 0 Å². The lowest BCUT2D eigenvalue weighted by atomic mass is 9.98. The Hall–Kier alpha value is -1.62. The Morgan fingerprint density at radius 2 is 1.56 bits per heavy atom. The average Bonchev–Trinajstić information content (AvgIpc) is 2.82. The summed E-state index contributed by atoms with van der Waals surface area (Å²) >= 11 is 0. The molecule has 0 N–H and O–H groups in total. The zero-order valence-electron chi connectivity index (χ0n) is 22.2. The summed E-state index contributed by atoms with van der Waals surface area (Å²) in [4.78, 5) is 0. The average molecular weight is 459 g/mol. The maximum absolute atomic E-state index is 14.4. The van der Waals surface area contributed by atoms with Crippen molar-refractivity contribution < 1.29 is 23.0 Å². The Bertz CT molecular complexity index is 610. The second-order valence-corrected chi connectivity index (χ2v) is 7.67. The minimum atomic E-state index is -0.957. The molecule has 0 bridgehead atoms. The fraction of sp³-hybridized carbons (Fsp3) is 0.704. The molecule has 1 fully saturated rings. The third-order valence-electron chi connectivity index (χ3n) is 4.94. The third kappa shape index (κ3) is 13.0. The van der Waals surface area contributed by atoms with E-state index in [4.69, 9.17) is 14.2 Å². The molecule has 1 saturated heterocycles. The SMILES string of the molecule is CC.CCC.CCC(=C(F)\C(F)=C(/C)OC)/C(C)=C/C=C(\C)OCC1CCC(CC)OC1. The van der Waals surface area contributed by atoms with Crippen molar-refractivity contribution in [1.82, 2.24) is 0 Å². The second-order valence-electron chi connectivity index (χ2n) is 7.67. The molecule has 5 heteroatoms. The zero-order chi connectivity index (χ0) is 25.1. The topological polar surface area (TPSA) is 27.7 Å². The number of halogens is 2. The summed E-state index contributed by atoms with van der Waals surface area (Å²) in [6, 6.07) is 0. The fourth-order valence-corrected chi connectivity index (χ4v) is 2.94. The highest BCUT2D eigenvalue weighted by Crippen LogP contribution is 2.28. The van der Waals surface area contributed by atoms with Gasteiger partial charge in [-0.2, -0.15) is 0 Å². The lowest BCUT2D eigenvalue weighted by molar-refractivity contribution is -0.0349. The molecule has 0 aliphatic carbocycles. The molecular weight excluding hydrogens is 410 g/mol. The number of rotatable bonds is 9. The molecule has 1 rings (SSSR count). The molecule has 0 amide bonds. The summed E-state index contributed by atoms with van der Waals surface area (Å²) in [7, 11) is 1.32. The first-order chi connectivity index (χ1) is 15.2. The Morgan fingerprint density at radius 3 is 2.00 bits per heavy atom. The normalized spacial score (nSPS) is 20.6. The van der Waals surface area contributed by atoms with Gasteiger partial charge >= 0.3 is 0 Å². The van der Waals surface area contributed by atoms with E-state index < -0.39 is 11.7 Å². The van der Waals surface area contributed by atoms with Gasteiger partial charge in [0.1, 0.15) is 5.76 Å². The van der Waals surface area contributed by atoms with Gasteiger partial charge in [0, 0.05) is 5.92 Å². The van der Waals surface area contributed by atoms with E-state index in [0.29, 0.717) is 36.2 Å². The summed E-state index contributed by atoms with van der Waals surface area (Å²) in [5, 5.41) is 0. The van der Waals surface area contributed by atoms with Gasteiger partial charge in [-0.1, -0.05) is 54.0 Å². The molecule has 32 heavy (non-hydrogen) atoms. The maximum Gasteiger partial charge on any atom is 0.196 e. The quantitative estimate of drug-likeness (QED) is 0.255. The molecule has 188 valence electrons. The zero-order valence-corrected chi connectivity index (χ0v) is 22.2. The van der Waals surface area contributed by atoms with Crippen LogP contribution in [0.3, 0.4) is 0 Å². The first-order valence-corrected chi connectivity index (χ1v) is 12.1. The third-order valence-corrected chi connectivity index (χ3v) is 4.94. The maximum atomic E-state index is 14.4. The van der Waals surface area contributed by atoms with Crippen LogP contribution in [0.4, 0.5) is 8.78 Å². The molecule has 1 aliphatic heterocycles. The molecule has 0 aromatic heterocycles. The van der Waals surface area contributed by atoms with Crippen molar-refractivity contribution in [1.29, 1.82) is 0 Å². The van der Waals surface area contributed by atoms with Gasteiger partial charge in [0.05, 0.1) is 32.2 Å². The molecular formula is C27H48F2O3. The minimum absolute atomic E-state index is 0.0682. The van der Waals surface area contributed by atoms with Gasteiger partial charge in [-0.3, -0.25) is 0 Å². The molecule has 0 spiro atoms. The number of methoxy groups -OCH3 is 1. The summed E-state index contributed by atoms with van der Waals surface area (Å²) in [5.74, 6) is -0.751. The lowest BCUT2D eigenvalue weighted by Gasteiger charge is -2.28. The molecule has 0 aromatic rings. The van der Waals surface area contributed by atoms with Crippen LogP contribution < -0.4 is 0 Å². The van der Waals surface area contributed by atoms with E-state index in [9.17, 15) is 8.78 Å². The smallest absolute Gasteiger partial charge is 0.196 e. The van der Waals surface area contributed by atoms with E-state index in [2.05, 4.69) is 20.8 Å². The van der Waals surface area contributed by atoms with E-state index in [1.165, 1.54) is 20.5 Å². The van der Waals surface area contributed by atoms with Crippen LogP contribution >= 0.6 is 0 Å². The highest BCUT2D eigenvalue weighted by molar-refractivity contribution is 5.40. The number of hydrogen-bond donors (Lipinski definition) is 0. The molecule has 2 atom stereocenters. The largest absolute Gasteiger partial charge is 0.498 e. The molecule has 0 radical (unpaired) electrons. The van der Waals surface area contributed by atoms with E-state index in [1.54, 1.807) is 26.0 Å². The van der Waals surface area contributed by atoms with Crippen molar-refractivity contribution in [2.75, 3.05) is 20.3 Å². The lowest BCUT2D eigenvalue weighted by Crippen LogP contribution is -2.27. The standard InChI is InChI=1S/C22H34F2O3.C3H8.C2H6/c1-7-19-12-11-18(14-27-19)13-26-16(4)10-9-15(3)20(8-2)22(24)21(23)17(5)25-6;1-3-2;1-2/h9-10,18-19H,7-8,11-14H2,1-6H3;3H2,1-2H3;1-2H3/b15-9+,16-10+,21-17-,22-20-;;. The Morgan fingerprint density at radius 1 is 0.969 bits per heavy atom. The van der Waals surface area contributed by atoms with Crippen molar-refractivity contribution >= 4 is 0 Å². The first-order valence-electron chi connectivity index (χ1n) is 12.1. The Kier molecular flexibility index (Phi) is 20.4. The van der Waals surface area contributed by atoms with Crippen molar-refractivity contribution in [3.8, 4) is 0 Å². The van der Waals surface area contributed by atoms with Crippen LogP contribution in [0.25, 0.3) is 0 Å². The van der Waals surface area contributed by atoms with Crippen LogP contribution in [0.1, 0.15) is 94.4 Å².